The van der Waals surface area contributed by atoms with E-state index in [9.17, 15) is 4.39 Å². The molecule has 26 heavy (non-hydrogen) atoms. The van der Waals surface area contributed by atoms with Gasteiger partial charge in [-0.1, -0.05) is 0 Å². The second-order valence-corrected chi connectivity index (χ2v) is 6.69. The number of aryl methyl sites for hydroxylation is 1. The molecule has 136 valence electrons. The van der Waals surface area contributed by atoms with Crippen molar-refractivity contribution in [3.63, 3.8) is 0 Å². The van der Waals surface area contributed by atoms with Crippen LogP contribution >= 0.6 is 0 Å². The Morgan fingerprint density at radius 1 is 1.19 bits per heavy atom. The number of benzene rings is 1. The lowest BCUT2D eigenvalue weighted by molar-refractivity contribution is 0.230. The highest BCUT2D eigenvalue weighted by atomic mass is 19.1. The van der Waals surface area contributed by atoms with Crippen molar-refractivity contribution in [1.29, 1.82) is 0 Å². The molecule has 0 radical (unpaired) electrons. The van der Waals surface area contributed by atoms with E-state index < -0.39 is 0 Å². The Balaban J connectivity index is 1.82. The van der Waals surface area contributed by atoms with Gasteiger partial charge in [0.2, 0.25) is 0 Å². The first kappa shape index (κ1) is 17.0. The first-order valence-corrected chi connectivity index (χ1v) is 8.90. The number of fused-ring (bicyclic) bond motifs is 1. The van der Waals surface area contributed by atoms with Crippen LogP contribution in [0.4, 0.5) is 4.39 Å². The Labute approximate surface area is 152 Å². The summed E-state index contributed by atoms with van der Waals surface area (Å²) in [5, 5.41) is 3.37. The predicted octanol–water partition coefficient (Wildman–Crippen LogP) is 2.86. The van der Waals surface area contributed by atoms with Crippen molar-refractivity contribution < 1.29 is 9.13 Å². The predicted molar refractivity (Wildman–Crippen MR) is 100 cm³/mol. The third-order valence-electron chi connectivity index (χ3n) is 4.93. The van der Waals surface area contributed by atoms with E-state index in [1.54, 1.807) is 13.2 Å². The maximum Gasteiger partial charge on any atom is 0.139 e. The second kappa shape index (κ2) is 7.05. The van der Waals surface area contributed by atoms with Gasteiger partial charge in [-0.05, 0) is 42.8 Å². The average molecular weight is 354 g/mol. The summed E-state index contributed by atoms with van der Waals surface area (Å²) in [6, 6.07) is 9.25. The molecule has 3 aromatic rings. The number of methoxy groups -OCH3 is 1. The van der Waals surface area contributed by atoms with E-state index in [0.717, 1.165) is 66.6 Å². The van der Waals surface area contributed by atoms with Crippen LogP contribution < -0.4 is 10.1 Å². The van der Waals surface area contributed by atoms with Crippen molar-refractivity contribution in [3.05, 3.63) is 53.6 Å². The largest absolute Gasteiger partial charge is 0.496 e. The number of hydrogen-bond donors (Lipinski definition) is 1. The van der Waals surface area contributed by atoms with E-state index in [0.29, 0.717) is 0 Å². The quantitative estimate of drug-likeness (QED) is 0.782. The Kier molecular flexibility index (Phi) is 4.61. The zero-order valence-corrected chi connectivity index (χ0v) is 15.1. The van der Waals surface area contributed by atoms with Crippen LogP contribution in [0, 0.1) is 12.7 Å². The number of hydrogen-bond acceptors (Lipinski definition) is 4. The summed E-state index contributed by atoms with van der Waals surface area (Å²) in [5.41, 5.74) is 4.77. The molecule has 0 saturated carbocycles. The van der Waals surface area contributed by atoms with Crippen LogP contribution in [0.15, 0.2) is 36.5 Å². The summed E-state index contributed by atoms with van der Waals surface area (Å²) in [4.78, 5) is 7.18. The summed E-state index contributed by atoms with van der Waals surface area (Å²) in [5.74, 6) is 0.598. The first-order valence-electron chi connectivity index (χ1n) is 8.90. The number of piperazine rings is 1. The van der Waals surface area contributed by atoms with Gasteiger partial charge in [-0.3, -0.25) is 9.30 Å². The number of nitrogens with zero attached hydrogens (tertiary/aromatic N) is 3. The van der Waals surface area contributed by atoms with Crippen molar-refractivity contribution in [1.82, 2.24) is 19.6 Å². The van der Waals surface area contributed by atoms with Gasteiger partial charge < -0.3 is 10.1 Å². The van der Waals surface area contributed by atoms with E-state index in [1.807, 2.05) is 23.5 Å². The minimum Gasteiger partial charge on any atom is -0.496 e. The highest BCUT2D eigenvalue weighted by Gasteiger charge is 2.19. The van der Waals surface area contributed by atoms with Crippen LogP contribution in [0.25, 0.3) is 16.9 Å². The number of halogens is 1. The minimum atomic E-state index is -0.256. The van der Waals surface area contributed by atoms with Crippen molar-refractivity contribution >= 4 is 5.65 Å². The Morgan fingerprint density at radius 2 is 2.00 bits per heavy atom. The van der Waals surface area contributed by atoms with Crippen LogP contribution in [0.5, 0.6) is 5.75 Å². The van der Waals surface area contributed by atoms with Gasteiger partial charge in [0, 0.05) is 44.5 Å². The van der Waals surface area contributed by atoms with Crippen molar-refractivity contribution in [3.8, 4) is 17.0 Å². The molecule has 1 saturated heterocycles. The smallest absolute Gasteiger partial charge is 0.139 e. The third kappa shape index (κ3) is 3.18. The van der Waals surface area contributed by atoms with Crippen molar-refractivity contribution in [2.75, 3.05) is 33.3 Å². The number of rotatable bonds is 4. The topological polar surface area (TPSA) is 41.8 Å². The molecule has 0 amide bonds. The highest BCUT2D eigenvalue weighted by Crippen LogP contribution is 2.30. The molecule has 5 nitrogen and oxygen atoms in total. The number of aromatic nitrogens is 2. The van der Waals surface area contributed by atoms with Gasteiger partial charge in [0.05, 0.1) is 18.5 Å². The molecular weight excluding hydrogens is 331 g/mol. The fourth-order valence-electron chi connectivity index (χ4n) is 3.56. The highest BCUT2D eigenvalue weighted by molar-refractivity contribution is 5.68. The number of imidazole rings is 1. The van der Waals surface area contributed by atoms with Crippen LogP contribution in [-0.2, 0) is 6.54 Å². The lowest BCUT2D eigenvalue weighted by Gasteiger charge is -2.27. The standard InChI is InChI=1S/C20H23FN4O/c1-14-11-15(3-5-18(14)26-2)20-17(13-24-9-7-22-8-10-24)25-12-16(21)4-6-19(25)23-20/h3-6,11-12,22H,7-10,13H2,1-2H3. The Morgan fingerprint density at radius 3 is 2.73 bits per heavy atom. The van der Waals surface area contributed by atoms with Gasteiger partial charge in [-0.2, -0.15) is 0 Å². The van der Waals surface area contributed by atoms with Gasteiger partial charge in [0.1, 0.15) is 17.2 Å². The summed E-state index contributed by atoms with van der Waals surface area (Å²) in [6.07, 6.45) is 1.53. The van der Waals surface area contributed by atoms with Gasteiger partial charge >= 0.3 is 0 Å². The Bertz CT molecular complexity index is 931. The molecule has 1 fully saturated rings. The molecule has 4 rings (SSSR count). The van der Waals surface area contributed by atoms with E-state index in [2.05, 4.69) is 16.3 Å². The zero-order chi connectivity index (χ0) is 18.1. The molecule has 1 aliphatic heterocycles. The van der Waals surface area contributed by atoms with Crippen molar-refractivity contribution in [2.45, 2.75) is 13.5 Å². The van der Waals surface area contributed by atoms with Crippen molar-refractivity contribution in [2.24, 2.45) is 0 Å². The van der Waals surface area contributed by atoms with E-state index in [4.69, 9.17) is 9.72 Å². The normalized spacial score (nSPS) is 15.5. The van der Waals surface area contributed by atoms with Crippen LogP contribution in [0.3, 0.4) is 0 Å². The summed E-state index contributed by atoms with van der Waals surface area (Å²) in [7, 11) is 1.67. The molecule has 0 unspecified atom stereocenters. The molecule has 1 aromatic carbocycles. The molecule has 0 atom stereocenters. The summed E-state index contributed by atoms with van der Waals surface area (Å²) < 4.78 is 21.1. The Hall–Kier alpha value is -2.44. The molecule has 1 aliphatic rings. The summed E-state index contributed by atoms with van der Waals surface area (Å²) in [6.45, 7) is 6.66. The average Bonchev–Trinajstić information content (AvgIpc) is 3.00. The van der Waals surface area contributed by atoms with Crippen LogP contribution in [0.2, 0.25) is 0 Å². The van der Waals surface area contributed by atoms with Gasteiger partial charge in [0.25, 0.3) is 0 Å². The SMILES string of the molecule is COc1ccc(-c2nc3ccc(F)cn3c2CN2CCNCC2)cc1C. The van der Waals surface area contributed by atoms with Crippen LogP contribution in [0.1, 0.15) is 11.3 Å². The molecule has 0 spiro atoms. The molecule has 1 N–H and O–H groups in total. The fraction of sp³-hybridized carbons (Fsp3) is 0.350. The minimum absolute atomic E-state index is 0.256. The van der Waals surface area contributed by atoms with Gasteiger partial charge in [-0.25, -0.2) is 9.37 Å². The third-order valence-corrected chi connectivity index (χ3v) is 4.93. The van der Waals surface area contributed by atoms with E-state index in [1.165, 1.54) is 12.3 Å². The van der Waals surface area contributed by atoms with E-state index in [-0.39, 0.29) is 5.82 Å². The lowest BCUT2D eigenvalue weighted by atomic mass is 10.1. The maximum absolute atomic E-state index is 13.9. The number of nitrogens with one attached hydrogen (secondary N) is 1. The monoisotopic (exact) mass is 354 g/mol. The number of pyridine rings is 1. The molecule has 3 heterocycles. The molecule has 0 bridgehead atoms. The first-order chi connectivity index (χ1) is 12.7. The van der Waals surface area contributed by atoms with Gasteiger partial charge in [0.15, 0.2) is 0 Å². The fourth-order valence-corrected chi connectivity index (χ4v) is 3.56. The zero-order valence-electron chi connectivity index (χ0n) is 15.1. The molecule has 2 aromatic heterocycles. The number of ether oxygens (including phenoxy) is 1. The second-order valence-electron chi connectivity index (χ2n) is 6.69. The molecular formula is C20H23FN4O. The van der Waals surface area contributed by atoms with E-state index >= 15 is 0 Å². The maximum atomic E-state index is 13.9. The summed E-state index contributed by atoms with van der Waals surface area (Å²) >= 11 is 0. The van der Waals surface area contributed by atoms with Crippen LogP contribution in [-0.4, -0.2) is 47.6 Å². The lowest BCUT2D eigenvalue weighted by Crippen LogP contribution is -2.43. The van der Waals surface area contributed by atoms with Gasteiger partial charge in [-0.15, -0.1) is 0 Å². The molecule has 6 heteroatoms. The molecule has 0 aliphatic carbocycles.